The van der Waals surface area contributed by atoms with Gasteiger partial charge >= 0.3 is 0 Å². The predicted octanol–water partition coefficient (Wildman–Crippen LogP) is 3.68. The maximum atomic E-state index is 13.3. The molecule has 0 unspecified atom stereocenters. The van der Waals surface area contributed by atoms with Crippen molar-refractivity contribution in [2.45, 2.75) is 19.8 Å². The largest absolute Gasteiger partial charge is 0.378 e. The summed E-state index contributed by atoms with van der Waals surface area (Å²) in [6.07, 6.45) is 1.50. The van der Waals surface area contributed by atoms with Gasteiger partial charge in [-0.2, -0.15) is 5.10 Å². The van der Waals surface area contributed by atoms with E-state index in [-0.39, 0.29) is 30.1 Å². The third-order valence-corrected chi connectivity index (χ3v) is 5.91. The number of nitrogens with one attached hydrogen (secondary N) is 1. The standard InChI is InChI=1S/C26H30FN5O3/c1-18(2)25-23(16-28-32(25)22-8-4-19(27)5-9-22)26(34)30(3)17-24(33)29-20-6-10-21(11-7-20)31-12-14-35-15-13-31/h4-11,16,18H,12-15,17H2,1-3H3,(H,29,33). The minimum Gasteiger partial charge on any atom is -0.378 e. The number of carbonyl (C=O) groups is 2. The molecule has 0 saturated carbocycles. The Kier molecular flexibility index (Phi) is 7.45. The second kappa shape index (κ2) is 10.7. The fraction of sp³-hybridized carbons (Fsp3) is 0.346. The second-order valence-electron chi connectivity index (χ2n) is 8.84. The highest BCUT2D eigenvalue weighted by molar-refractivity contribution is 6.00. The summed E-state index contributed by atoms with van der Waals surface area (Å²) in [4.78, 5) is 29.4. The van der Waals surface area contributed by atoms with Gasteiger partial charge < -0.3 is 19.9 Å². The van der Waals surface area contributed by atoms with E-state index < -0.39 is 0 Å². The quantitative estimate of drug-likeness (QED) is 0.559. The van der Waals surface area contributed by atoms with Gasteiger partial charge in [0.15, 0.2) is 0 Å². The molecule has 0 spiro atoms. The smallest absolute Gasteiger partial charge is 0.257 e. The number of halogens is 1. The third-order valence-electron chi connectivity index (χ3n) is 5.91. The number of morpholine rings is 1. The van der Waals surface area contributed by atoms with Crippen molar-refractivity contribution >= 4 is 23.2 Å². The zero-order chi connectivity index (χ0) is 24.9. The number of hydrogen-bond acceptors (Lipinski definition) is 5. The zero-order valence-electron chi connectivity index (χ0n) is 20.2. The van der Waals surface area contributed by atoms with E-state index >= 15 is 0 Å². The van der Waals surface area contributed by atoms with Crippen LogP contribution >= 0.6 is 0 Å². The molecule has 3 aromatic rings. The maximum Gasteiger partial charge on any atom is 0.257 e. The fourth-order valence-electron chi connectivity index (χ4n) is 4.14. The molecule has 1 aromatic heterocycles. The van der Waals surface area contributed by atoms with Crippen molar-refractivity contribution in [1.82, 2.24) is 14.7 Å². The van der Waals surface area contributed by atoms with E-state index in [1.807, 2.05) is 38.1 Å². The van der Waals surface area contributed by atoms with Crippen LogP contribution in [-0.2, 0) is 9.53 Å². The SMILES string of the molecule is CC(C)c1c(C(=O)N(C)CC(=O)Nc2ccc(N3CCOCC3)cc2)cnn1-c1ccc(F)cc1. The van der Waals surface area contributed by atoms with Crippen molar-refractivity contribution in [3.05, 3.63) is 71.8 Å². The average Bonchev–Trinajstić information content (AvgIpc) is 3.30. The van der Waals surface area contributed by atoms with E-state index in [4.69, 9.17) is 4.74 Å². The molecule has 1 aliphatic heterocycles. The van der Waals surface area contributed by atoms with Crippen LogP contribution < -0.4 is 10.2 Å². The number of amides is 2. The van der Waals surface area contributed by atoms with Crippen LogP contribution in [0.1, 0.15) is 35.8 Å². The van der Waals surface area contributed by atoms with Crippen LogP contribution in [0, 0.1) is 5.82 Å². The average molecular weight is 480 g/mol. The van der Waals surface area contributed by atoms with E-state index in [0.29, 0.717) is 35.8 Å². The molecule has 184 valence electrons. The molecule has 0 atom stereocenters. The second-order valence-corrected chi connectivity index (χ2v) is 8.84. The van der Waals surface area contributed by atoms with Gasteiger partial charge in [-0.15, -0.1) is 0 Å². The fourth-order valence-corrected chi connectivity index (χ4v) is 4.14. The molecule has 2 aromatic carbocycles. The number of nitrogens with zero attached hydrogens (tertiary/aromatic N) is 4. The molecule has 2 amide bonds. The number of rotatable bonds is 7. The zero-order valence-corrected chi connectivity index (χ0v) is 20.2. The van der Waals surface area contributed by atoms with Gasteiger partial charge in [-0.3, -0.25) is 9.59 Å². The summed E-state index contributed by atoms with van der Waals surface area (Å²) in [5.74, 6) is -0.963. The first-order chi connectivity index (χ1) is 16.8. The van der Waals surface area contributed by atoms with Crippen LogP contribution in [0.3, 0.4) is 0 Å². The summed E-state index contributed by atoms with van der Waals surface area (Å²) >= 11 is 0. The summed E-state index contributed by atoms with van der Waals surface area (Å²) in [5, 5.41) is 7.22. The molecule has 1 aliphatic rings. The predicted molar refractivity (Wildman–Crippen MR) is 133 cm³/mol. The lowest BCUT2D eigenvalue weighted by molar-refractivity contribution is -0.116. The summed E-state index contributed by atoms with van der Waals surface area (Å²) in [6.45, 7) is 6.91. The molecule has 0 bridgehead atoms. The number of ether oxygens (including phenoxy) is 1. The monoisotopic (exact) mass is 479 g/mol. The van der Waals surface area contributed by atoms with Crippen LogP contribution in [0.2, 0.25) is 0 Å². The van der Waals surface area contributed by atoms with E-state index in [2.05, 4.69) is 15.3 Å². The first kappa shape index (κ1) is 24.4. The molecular formula is C26H30FN5O3. The van der Waals surface area contributed by atoms with Gasteiger partial charge in [0.05, 0.1) is 42.9 Å². The van der Waals surface area contributed by atoms with Crippen LogP contribution in [0.15, 0.2) is 54.7 Å². The van der Waals surface area contributed by atoms with Gasteiger partial charge in [-0.25, -0.2) is 9.07 Å². The Morgan fingerprint density at radius 3 is 2.31 bits per heavy atom. The van der Waals surface area contributed by atoms with Crippen molar-refractivity contribution in [2.24, 2.45) is 0 Å². The van der Waals surface area contributed by atoms with Crippen molar-refractivity contribution in [1.29, 1.82) is 0 Å². The minimum atomic E-state index is -0.343. The lowest BCUT2D eigenvalue weighted by Crippen LogP contribution is -2.36. The van der Waals surface area contributed by atoms with Crippen LogP contribution in [-0.4, -0.2) is 66.4 Å². The first-order valence-electron chi connectivity index (χ1n) is 11.7. The summed E-state index contributed by atoms with van der Waals surface area (Å²) < 4.78 is 20.4. The van der Waals surface area contributed by atoms with E-state index in [1.54, 1.807) is 23.9 Å². The van der Waals surface area contributed by atoms with E-state index in [9.17, 15) is 14.0 Å². The Balaban J connectivity index is 1.41. The molecule has 0 aliphatic carbocycles. The topological polar surface area (TPSA) is 79.7 Å². The lowest BCUT2D eigenvalue weighted by atomic mass is 10.0. The Morgan fingerprint density at radius 2 is 1.69 bits per heavy atom. The molecule has 4 rings (SSSR count). The first-order valence-corrected chi connectivity index (χ1v) is 11.7. The molecule has 1 N–H and O–H groups in total. The van der Waals surface area contributed by atoms with Gasteiger partial charge in [0.2, 0.25) is 5.91 Å². The Labute approximate surface area is 204 Å². The molecule has 9 heteroatoms. The highest BCUT2D eigenvalue weighted by Gasteiger charge is 2.24. The maximum absolute atomic E-state index is 13.3. The number of likely N-dealkylation sites (N-methyl/N-ethyl adjacent to an activating group) is 1. The third kappa shape index (κ3) is 5.68. The van der Waals surface area contributed by atoms with Gasteiger partial charge in [-0.1, -0.05) is 13.8 Å². The van der Waals surface area contributed by atoms with Gasteiger partial charge in [0.1, 0.15) is 5.82 Å². The van der Waals surface area contributed by atoms with Crippen molar-refractivity contribution in [2.75, 3.05) is 50.1 Å². The van der Waals surface area contributed by atoms with Crippen molar-refractivity contribution < 1.29 is 18.7 Å². The Morgan fingerprint density at radius 1 is 1.06 bits per heavy atom. The molecule has 0 radical (unpaired) electrons. The molecule has 1 fully saturated rings. The summed E-state index contributed by atoms with van der Waals surface area (Å²) in [5.41, 5.74) is 3.52. The highest BCUT2D eigenvalue weighted by Crippen LogP contribution is 2.24. The molecule has 1 saturated heterocycles. The molecule has 2 heterocycles. The summed E-state index contributed by atoms with van der Waals surface area (Å²) in [6, 6.07) is 13.6. The number of aromatic nitrogens is 2. The highest BCUT2D eigenvalue weighted by atomic mass is 19.1. The van der Waals surface area contributed by atoms with Crippen molar-refractivity contribution in [3.8, 4) is 5.69 Å². The molecular weight excluding hydrogens is 449 g/mol. The summed E-state index contributed by atoms with van der Waals surface area (Å²) in [7, 11) is 1.59. The van der Waals surface area contributed by atoms with Crippen LogP contribution in [0.4, 0.5) is 15.8 Å². The van der Waals surface area contributed by atoms with Gasteiger partial charge in [0, 0.05) is 31.5 Å². The van der Waals surface area contributed by atoms with E-state index in [1.165, 1.54) is 23.2 Å². The number of anilines is 2. The molecule has 35 heavy (non-hydrogen) atoms. The lowest BCUT2D eigenvalue weighted by Gasteiger charge is -2.28. The normalized spacial score (nSPS) is 13.7. The Bertz CT molecular complexity index is 1170. The van der Waals surface area contributed by atoms with Gasteiger partial charge in [-0.05, 0) is 54.4 Å². The minimum absolute atomic E-state index is 0.0197. The van der Waals surface area contributed by atoms with Gasteiger partial charge in [0.25, 0.3) is 5.91 Å². The number of hydrogen-bond donors (Lipinski definition) is 1. The number of benzene rings is 2. The van der Waals surface area contributed by atoms with Crippen LogP contribution in [0.25, 0.3) is 5.69 Å². The van der Waals surface area contributed by atoms with Crippen molar-refractivity contribution in [3.63, 3.8) is 0 Å². The van der Waals surface area contributed by atoms with E-state index in [0.717, 1.165) is 18.8 Å². The van der Waals surface area contributed by atoms with Crippen LogP contribution in [0.5, 0.6) is 0 Å². The number of carbonyl (C=O) groups excluding carboxylic acids is 2. The Hall–Kier alpha value is -3.72. The molecule has 8 nitrogen and oxygen atoms in total.